The maximum absolute atomic E-state index is 6.39. The maximum Gasteiger partial charge on any atom is 0.0847 e. The van der Waals surface area contributed by atoms with Gasteiger partial charge in [0.25, 0.3) is 0 Å². The van der Waals surface area contributed by atoms with Gasteiger partial charge in [-0.25, -0.2) is 0 Å². The van der Waals surface area contributed by atoms with Crippen molar-refractivity contribution in [3.8, 4) is 0 Å². The molecule has 2 rings (SSSR count). The molecule has 1 atom stereocenters. The van der Waals surface area contributed by atoms with Crippen molar-refractivity contribution in [3.05, 3.63) is 50.2 Å². The smallest absolute Gasteiger partial charge is 0.0847 e. The minimum atomic E-state index is -0.0295. The first kappa shape index (κ1) is 16.5. The molecular formula is C15H20BrClN4. The fraction of sp³-hybridized carbons (Fsp3) is 0.400. The van der Waals surface area contributed by atoms with Crippen LogP contribution in [0.1, 0.15) is 35.5 Å². The van der Waals surface area contributed by atoms with Crippen molar-refractivity contribution < 1.29 is 0 Å². The van der Waals surface area contributed by atoms with Crippen LogP contribution in [0.2, 0.25) is 5.02 Å². The number of hydrazine groups is 1. The van der Waals surface area contributed by atoms with E-state index in [0.29, 0.717) is 6.42 Å². The van der Waals surface area contributed by atoms with Gasteiger partial charge in [-0.1, -0.05) is 45.7 Å². The molecule has 1 heterocycles. The number of hydrogen-bond donors (Lipinski definition) is 2. The zero-order chi connectivity index (χ0) is 15.6. The van der Waals surface area contributed by atoms with E-state index in [-0.39, 0.29) is 6.04 Å². The van der Waals surface area contributed by atoms with Crippen molar-refractivity contribution in [1.82, 2.24) is 15.2 Å². The van der Waals surface area contributed by atoms with Crippen LogP contribution in [-0.2, 0) is 13.0 Å². The van der Waals surface area contributed by atoms with Crippen molar-refractivity contribution in [2.45, 2.75) is 39.8 Å². The molecule has 0 aliphatic rings. The predicted octanol–water partition coefficient (Wildman–Crippen LogP) is 3.68. The van der Waals surface area contributed by atoms with Gasteiger partial charge in [0.2, 0.25) is 0 Å². The van der Waals surface area contributed by atoms with Crippen LogP contribution in [0.25, 0.3) is 0 Å². The lowest BCUT2D eigenvalue weighted by Gasteiger charge is -2.19. The molecular weight excluding hydrogens is 352 g/mol. The van der Waals surface area contributed by atoms with Crippen molar-refractivity contribution in [3.63, 3.8) is 0 Å². The summed E-state index contributed by atoms with van der Waals surface area (Å²) in [6, 6.07) is 6.13. The van der Waals surface area contributed by atoms with Gasteiger partial charge in [0, 0.05) is 17.4 Å². The highest BCUT2D eigenvalue weighted by molar-refractivity contribution is 9.10. The van der Waals surface area contributed by atoms with Gasteiger partial charge in [0.05, 0.1) is 22.5 Å². The quantitative estimate of drug-likeness (QED) is 0.622. The van der Waals surface area contributed by atoms with Crippen molar-refractivity contribution in [2.24, 2.45) is 5.84 Å². The lowest BCUT2D eigenvalue weighted by atomic mass is 10.0. The molecule has 0 saturated carbocycles. The van der Waals surface area contributed by atoms with E-state index in [1.54, 1.807) is 0 Å². The average Bonchev–Trinajstić information content (AvgIpc) is 2.75. The minimum absolute atomic E-state index is 0.0295. The van der Waals surface area contributed by atoms with Crippen LogP contribution in [0.3, 0.4) is 0 Å². The molecule has 0 aliphatic heterocycles. The summed E-state index contributed by atoms with van der Waals surface area (Å²) in [6.45, 7) is 6.83. The van der Waals surface area contributed by atoms with Gasteiger partial charge >= 0.3 is 0 Å². The van der Waals surface area contributed by atoms with Crippen LogP contribution in [0.5, 0.6) is 0 Å². The molecule has 0 radical (unpaired) electrons. The summed E-state index contributed by atoms with van der Waals surface area (Å²) >= 11 is 10.0. The molecule has 0 saturated heterocycles. The van der Waals surface area contributed by atoms with Gasteiger partial charge in [0.1, 0.15) is 0 Å². The summed E-state index contributed by atoms with van der Waals surface area (Å²) in [5.41, 5.74) is 7.05. The molecule has 4 nitrogen and oxygen atoms in total. The zero-order valence-corrected chi connectivity index (χ0v) is 14.8. The fourth-order valence-electron chi connectivity index (χ4n) is 2.46. The van der Waals surface area contributed by atoms with E-state index in [2.05, 4.69) is 52.4 Å². The molecule has 1 aromatic heterocycles. The molecule has 0 aliphatic carbocycles. The standard InChI is InChI=1S/C15H20BrClN4/c1-4-21-13(15(17)10(3)20-21)8-12(19-18)11-7-5-6-9(2)14(11)16/h5-7,12,19H,4,8,18H2,1-3H3. The molecule has 3 N–H and O–H groups in total. The average molecular weight is 372 g/mol. The Balaban J connectivity index is 2.38. The highest BCUT2D eigenvalue weighted by atomic mass is 79.9. The zero-order valence-electron chi connectivity index (χ0n) is 12.5. The van der Waals surface area contributed by atoms with E-state index in [4.69, 9.17) is 17.4 Å². The number of nitrogens with zero attached hydrogens (tertiary/aromatic N) is 2. The molecule has 114 valence electrons. The molecule has 6 heteroatoms. The van der Waals surface area contributed by atoms with Crippen molar-refractivity contribution in [2.75, 3.05) is 0 Å². The first-order valence-corrected chi connectivity index (χ1v) is 8.09. The Morgan fingerprint density at radius 3 is 2.76 bits per heavy atom. The van der Waals surface area contributed by atoms with Gasteiger partial charge in [-0.2, -0.15) is 5.10 Å². The van der Waals surface area contributed by atoms with Crippen LogP contribution in [0, 0.1) is 13.8 Å². The molecule has 2 aromatic rings. The van der Waals surface area contributed by atoms with Crippen LogP contribution >= 0.6 is 27.5 Å². The van der Waals surface area contributed by atoms with Gasteiger partial charge in [-0.15, -0.1) is 0 Å². The number of nitrogens with one attached hydrogen (secondary N) is 1. The second-order valence-corrected chi connectivity index (χ2v) is 6.23. The third-order valence-corrected chi connectivity index (χ3v) is 5.22. The molecule has 0 fully saturated rings. The maximum atomic E-state index is 6.39. The minimum Gasteiger partial charge on any atom is -0.271 e. The molecule has 1 aromatic carbocycles. The number of halogens is 2. The summed E-state index contributed by atoms with van der Waals surface area (Å²) in [7, 11) is 0. The van der Waals surface area contributed by atoms with Crippen LogP contribution in [0.4, 0.5) is 0 Å². The van der Waals surface area contributed by atoms with Gasteiger partial charge in [-0.3, -0.25) is 16.0 Å². The largest absolute Gasteiger partial charge is 0.271 e. The Labute approximate surface area is 138 Å². The second-order valence-electron chi connectivity index (χ2n) is 5.06. The monoisotopic (exact) mass is 370 g/mol. The number of aromatic nitrogens is 2. The number of rotatable bonds is 5. The topological polar surface area (TPSA) is 55.9 Å². The van der Waals surface area contributed by atoms with Crippen molar-refractivity contribution in [1.29, 1.82) is 0 Å². The Morgan fingerprint density at radius 1 is 1.43 bits per heavy atom. The third-order valence-electron chi connectivity index (χ3n) is 3.65. The molecule has 0 bridgehead atoms. The van der Waals surface area contributed by atoms with E-state index in [0.717, 1.165) is 33.0 Å². The first-order valence-electron chi connectivity index (χ1n) is 6.92. The fourth-order valence-corrected chi connectivity index (χ4v) is 3.21. The molecule has 0 amide bonds. The van der Waals surface area contributed by atoms with Crippen LogP contribution in [0.15, 0.2) is 22.7 Å². The Hall–Kier alpha value is -0.880. The lowest BCUT2D eigenvalue weighted by molar-refractivity contribution is 0.515. The summed E-state index contributed by atoms with van der Waals surface area (Å²) < 4.78 is 3.01. The molecule has 0 spiro atoms. The second kappa shape index (κ2) is 6.92. The Bertz CT molecular complexity index is 639. The third kappa shape index (κ3) is 3.31. The first-order chi connectivity index (χ1) is 9.99. The van der Waals surface area contributed by atoms with E-state index in [1.165, 1.54) is 5.56 Å². The van der Waals surface area contributed by atoms with E-state index in [1.807, 2.05) is 17.7 Å². The normalized spacial score (nSPS) is 12.7. The highest BCUT2D eigenvalue weighted by Gasteiger charge is 2.20. The van der Waals surface area contributed by atoms with E-state index >= 15 is 0 Å². The van der Waals surface area contributed by atoms with Gasteiger partial charge < -0.3 is 0 Å². The highest BCUT2D eigenvalue weighted by Crippen LogP contribution is 2.31. The molecule has 1 unspecified atom stereocenters. The van der Waals surface area contributed by atoms with E-state index < -0.39 is 0 Å². The SMILES string of the molecule is CCn1nc(C)c(Cl)c1CC(NN)c1cccc(C)c1Br. The summed E-state index contributed by atoms with van der Waals surface area (Å²) in [5, 5.41) is 5.18. The summed E-state index contributed by atoms with van der Waals surface area (Å²) in [5.74, 6) is 5.78. The van der Waals surface area contributed by atoms with E-state index in [9.17, 15) is 0 Å². The van der Waals surface area contributed by atoms with Gasteiger partial charge in [-0.05, 0) is 31.9 Å². The number of nitrogens with two attached hydrogens (primary N) is 1. The summed E-state index contributed by atoms with van der Waals surface area (Å²) in [4.78, 5) is 0. The molecule has 21 heavy (non-hydrogen) atoms. The number of benzene rings is 1. The van der Waals surface area contributed by atoms with Crippen molar-refractivity contribution >= 4 is 27.5 Å². The lowest BCUT2D eigenvalue weighted by Crippen LogP contribution is -2.30. The van der Waals surface area contributed by atoms with Gasteiger partial charge in [0.15, 0.2) is 0 Å². The Morgan fingerprint density at radius 2 is 2.14 bits per heavy atom. The summed E-state index contributed by atoms with van der Waals surface area (Å²) in [6.07, 6.45) is 0.687. The number of hydrogen-bond acceptors (Lipinski definition) is 3. The van der Waals surface area contributed by atoms with Crippen LogP contribution in [-0.4, -0.2) is 9.78 Å². The Kier molecular flexibility index (Phi) is 5.43. The number of aryl methyl sites for hydroxylation is 3. The predicted molar refractivity (Wildman–Crippen MR) is 90.3 cm³/mol. The van der Waals surface area contributed by atoms with Crippen LogP contribution < -0.4 is 11.3 Å².